The highest BCUT2D eigenvalue weighted by Gasteiger charge is 2.27. The van der Waals surface area contributed by atoms with Crippen LogP contribution >= 0.6 is 0 Å². The fourth-order valence-corrected chi connectivity index (χ4v) is 1.90. The molecular weight excluding hydrogens is 208 g/mol. The van der Waals surface area contributed by atoms with E-state index in [1.165, 1.54) is 7.11 Å². The third kappa shape index (κ3) is 1.71. The van der Waals surface area contributed by atoms with Crippen molar-refractivity contribution < 1.29 is 14.3 Å². The van der Waals surface area contributed by atoms with Gasteiger partial charge in [0.15, 0.2) is 5.69 Å². The molecule has 0 aliphatic carbocycles. The van der Waals surface area contributed by atoms with Gasteiger partial charge in [-0.15, -0.1) is 0 Å². The smallest absolute Gasteiger partial charge is 0.356 e. The van der Waals surface area contributed by atoms with Crippen molar-refractivity contribution in [3.63, 3.8) is 0 Å². The first kappa shape index (κ1) is 11.1. The number of aromatic nitrogens is 2. The largest absolute Gasteiger partial charge is 0.464 e. The molecule has 0 radical (unpaired) electrons. The van der Waals surface area contributed by atoms with Crippen LogP contribution in [0.2, 0.25) is 0 Å². The van der Waals surface area contributed by atoms with Crippen LogP contribution in [0.1, 0.15) is 41.6 Å². The molecule has 1 aromatic rings. The summed E-state index contributed by atoms with van der Waals surface area (Å²) in [4.78, 5) is 11.7. The third-order valence-corrected chi connectivity index (χ3v) is 2.69. The molecule has 0 bridgehead atoms. The van der Waals surface area contributed by atoms with Crippen LogP contribution < -0.4 is 0 Å². The Labute approximate surface area is 94.3 Å². The molecule has 2 rings (SSSR count). The summed E-state index contributed by atoms with van der Waals surface area (Å²) in [5.41, 5.74) is 2.37. The quantitative estimate of drug-likeness (QED) is 0.711. The van der Waals surface area contributed by atoms with Crippen molar-refractivity contribution in [2.24, 2.45) is 0 Å². The minimum Gasteiger partial charge on any atom is -0.464 e. The molecule has 0 saturated carbocycles. The second-order valence-corrected chi connectivity index (χ2v) is 4.11. The van der Waals surface area contributed by atoms with Crippen molar-refractivity contribution >= 4 is 5.97 Å². The van der Waals surface area contributed by atoms with Gasteiger partial charge < -0.3 is 9.47 Å². The Bertz CT molecular complexity index is 410. The first-order valence-electron chi connectivity index (χ1n) is 5.41. The predicted octanol–water partition coefficient (Wildman–Crippen LogP) is 1.32. The molecule has 5 nitrogen and oxygen atoms in total. The second kappa shape index (κ2) is 4.25. The van der Waals surface area contributed by atoms with Crippen LogP contribution in [-0.2, 0) is 22.5 Å². The van der Waals surface area contributed by atoms with Gasteiger partial charge in [0.2, 0.25) is 0 Å². The van der Waals surface area contributed by atoms with Gasteiger partial charge in [0.05, 0.1) is 26.0 Å². The van der Waals surface area contributed by atoms with Gasteiger partial charge in [-0.1, -0.05) is 0 Å². The van der Waals surface area contributed by atoms with Crippen molar-refractivity contribution in [2.75, 3.05) is 13.7 Å². The van der Waals surface area contributed by atoms with Crippen LogP contribution in [0, 0.1) is 0 Å². The molecule has 0 N–H and O–H groups in total. The molecule has 1 aromatic heterocycles. The Balaban J connectivity index is 2.52. The number of fused-ring (bicyclic) bond motifs is 1. The average Bonchev–Trinajstić information content (AvgIpc) is 2.67. The van der Waals surface area contributed by atoms with Crippen LogP contribution in [0.25, 0.3) is 0 Å². The number of nitrogens with zero attached hydrogens (tertiary/aromatic N) is 2. The molecule has 0 spiro atoms. The summed E-state index contributed by atoms with van der Waals surface area (Å²) in [7, 11) is 1.38. The molecule has 2 heterocycles. The highest BCUT2D eigenvalue weighted by molar-refractivity contribution is 5.89. The molecule has 88 valence electrons. The normalized spacial score (nSPS) is 15.0. The van der Waals surface area contributed by atoms with Crippen LogP contribution in [0.5, 0.6) is 0 Å². The number of hydrogen-bond donors (Lipinski definition) is 0. The predicted molar refractivity (Wildman–Crippen MR) is 57.3 cm³/mol. The van der Waals surface area contributed by atoms with E-state index in [1.807, 2.05) is 13.8 Å². The Hall–Kier alpha value is -1.36. The lowest BCUT2D eigenvalue weighted by molar-refractivity contribution is 0.0573. The molecule has 0 amide bonds. The van der Waals surface area contributed by atoms with E-state index >= 15 is 0 Å². The Morgan fingerprint density at radius 1 is 1.56 bits per heavy atom. The van der Waals surface area contributed by atoms with Crippen molar-refractivity contribution in [3.8, 4) is 0 Å². The van der Waals surface area contributed by atoms with E-state index in [9.17, 15) is 4.79 Å². The fourth-order valence-electron chi connectivity index (χ4n) is 1.90. The zero-order valence-corrected chi connectivity index (χ0v) is 9.82. The summed E-state index contributed by atoms with van der Waals surface area (Å²) in [6.07, 6.45) is 0.763. The fraction of sp³-hybridized carbons (Fsp3) is 0.636. The Morgan fingerprint density at radius 2 is 2.31 bits per heavy atom. The zero-order valence-electron chi connectivity index (χ0n) is 9.82. The molecule has 0 fully saturated rings. The topological polar surface area (TPSA) is 53.3 Å². The minimum atomic E-state index is -0.340. The molecule has 16 heavy (non-hydrogen) atoms. The Kier molecular flexibility index (Phi) is 2.96. The van der Waals surface area contributed by atoms with E-state index in [1.54, 1.807) is 4.68 Å². The standard InChI is InChI=1S/C11H16N2O3/c1-7(2)13-10(11(14)15-3)8-6-16-5-4-9(8)12-13/h7H,4-6H2,1-3H3. The van der Waals surface area contributed by atoms with Gasteiger partial charge in [-0.05, 0) is 13.8 Å². The number of ether oxygens (including phenoxy) is 2. The van der Waals surface area contributed by atoms with Gasteiger partial charge in [-0.2, -0.15) is 5.10 Å². The SMILES string of the molecule is COC(=O)c1c2c(nn1C(C)C)CCOC2. The zero-order chi connectivity index (χ0) is 11.7. The summed E-state index contributed by atoms with van der Waals surface area (Å²) in [6, 6.07) is 0.139. The second-order valence-electron chi connectivity index (χ2n) is 4.11. The summed E-state index contributed by atoms with van der Waals surface area (Å²) in [5.74, 6) is -0.340. The highest BCUT2D eigenvalue weighted by atomic mass is 16.5. The third-order valence-electron chi connectivity index (χ3n) is 2.69. The lowest BCUT2D eigenvalue weighted by atomic mass is 10.1. The average molecular weight is 224 g/mol. The van der Waals surface area contributed by atoms with E-state index in [0.29, 0.717) is 18.9 Å². The van der Waals surface area contributed by atoms with Gasteiger partial charge >= 0.3 is 5.97 Å². The number of methoxy groups -OCH3 is 1. The van der Waals surface area contributed by atoms with Gasteiger partial charge in [-0.3, -0.25) is 4.68 Å². The van der Waals surface area contributed by atoms with Crippen molar-refractivity contribution in [1.29, 1.82) is 0 Å². The van der Waals surface area contributed by atoms with E-state index < -0.39 is 0 Å². The molecule has 1 aliphatic heterocycles. The van der Waals surface area contributed by atoms with Gasteiger partial charge in [-0.25, -0.2) is 4.79 Å². The van der Waals surface area contributed by atoms with Crippen molar-refractivity contribution in [2.45, 2.75) is 32.9 Å². The molecule has 5 heteroatoms. The van der Waals surface area contributed by atoms with E-state index in [-0.39, 0.29) is 12.0 Å². The van der Waals surface area contributed by atoms with Crippen LogP contribution in [0.4, 0.5) is 0 Å². The van der Waals surface area contributed by atoms with E-state index in [2.05, 4.69) is 5.10 Å². The summed E-state index contributed by atoms with van der Waals surface area (Å²) >= 11 is 0. The molecule has 0 saturated heterocycles. The first-order chi connectivity index (χ1) is 7.65. The Morgan fingerprint density at radius 3 is 2.94 bits per heavy atom. The maximum Gasteiger partial charge on any atom is 0.356 e. The first-order valence-corrected chi connectivity index (χ1v) is 5.41. The lowest BCUT2D eigenvalue weighted by Crippen LogP contribution is -2.16. The molecule has 1 aliphatic rings. The van der Waals surface area contributed by atoms with Gasteiger partial charge in [0.1, 0.15) is 0 Å². The van der Waals surface area contributed by atoms with E-state index in [4.69, 9.17) is 9.47 Å². The molecule has 0 unspecified atom stereocenters. The maximum atomic E-state index is 11.7. The maximum absolute atomic E-state index is 11.7. The van der Waals surface area contributed by atoms with Crippen LogP contribution in [0.3, 0.4) is 0 Å². The summed E-state index contributed by atoms with van der Waals surface area (Å²) < 4.78 is 11.9. The number of carbonyl (C=O) groups excluding carboxylic acids is 1. The van der Waals surface area contributed by atoms with Crippen molar-refractivity contribution in [1.82, 2.24) is 9.78 Å². The summed E-state index contributed by atoms with van der Waals surface area (Å²) in [5, 5.41) is 4.46. The van der Waals surface area contributed by atoms with Gasteiger partial charge in [0.25, 0.3) is 0 Å². The van der Waals surface area contributed by atoms with Crippen LogP contribution in [-0.4, -0.2) is 29.5 Å². The number of hydrogen-bond acceptors (Lipinski definition) is 4. The number of carbonyl (C=O) groups is 1. The molecule has 0 atom stereocenters. The molecule has 0 aromatic carbocycles. The lowest BCUT2D eigenvalue weighted by Gasteiger charge is -2.12. The van der Waals surface area contributed by atoms with E-state index in [0.717, 1.165) is 17.7 Å². The monoisotopic (exact) mass is 224 g/mol. The van der Waals surface area contributed by atoms with Crippen molar-refractivity contribution in [3.05, 3.63) is 17.0 Å². The molecular formula is C11H16N2O3. The summed E-state index contributed by atoms with van der Waals surface area (Å²) in [6.45, 7) is 5.10. The minimum absolute atomic E-state index is 0.139. The number of rotatable bonds is 2. The van der Waals surface area contributed by atoms with Crippen LogP contribution in [0.15, 0.2) is 0 Å². The highest BCUT2D eigenvalue weighted by Crippen LogP contribution is 2.23. The van der Waals surface area contributed by atoms with Gasteiger partial charge in [0, 0.05) is 18.0 Å². The number of esters is 1.